The molecule has 0 saturated carbocycles. The van der Waals surface area contributed by atoms with Crippen molar-refractivity contribution >= 4 is 0 Å². The van der Waals surface area contributed by atoms with Crippen molar-refractivity contribution in [1.82, 2.24) is 4.57 Å². The molecule has 2 heteroatoms. The molecule has 0 aliphatic heterocycles. The van der Waals surface area contributed by atoms with Gasteiger partial charge in [0.2, 0.25) is 0 Å². The zero-order chi connectivity index (χ0) is 21.2. The lowest BCUT2D eigenvalue weighted by molar-refractivity contribution is -0.704. The summed E-state index contributed by atoms with van der Waals surface area (Å²) in [5.41, 5.74) is 2.89. The normalized spacial score (nSPS) is 13.3. The summed E-state index contributed by atoms with van der Waals surface area (Å²) in [5, 5.41) is 0. The number of hydrogen-bond acceptors (Lipinski definition) is 0. The van der Waals surface area contributed by atoms with Gasteiger partial charge < -0.3 is 0 Å². The maximum absolute atomic E-state index is 2.52. The fraction of sp³-hybridized carbons (Fsp3) is 0.464. The summed E-state index contributed by atoms with van der Waals surface area (Å²) in [5.74, 6) is 2.03. The predicted molar refractivity (Wildman–Crippen MR) is 127 cm³/mol. The van der Waals surface area contributed by atoms with Crippen LogP contribution in [-0.2, 0) is 19.4 Å². The molecule has 2 aromatic carbocycles. The van der Waals surface area contributed by atoms with E-state index < -0.39 is 0 Å². The minimum atomic E-state index is 0.540. The van der Waals surface area contributed by atoms with E-state index in [1.54, 1.807) is 0 Å². The lowest BCUT2D eigenvalue weighted by Gasteiger charge is -2.18. The van der Waals surface area contributed by atoms with Crippen LogP contribution in [0.4, 0.5) is 0 Å². The second-order valence-corrected chi connectivity index (χ2v) is 8.62. The molecule has 0 aliphatic rings. The van der Waals surface area contributed by atoms with Crippen molar-refractivity contribution in [2.45, 2.75) is 84.2 Å². The van der Waals surface area contributed by atoms with E-state index in [4.69, 9.17) is 0 Å². The van der Waals surface area contributed by atoms with Gasteiger partial charge in [0, 0.05) is 6.42 Å². The monoisotopic (exact) mass is 403 g/mol. The SMILES string of the molecule is CCCCC[n+]1ccn(C(C)CC)c1CCC(Cc1ccccc1)c1ccccc1. The number of unbranched alkanes of at least 4 members (excludes halogenated alkanes) is 2. The standard InChI is InChI=1S/C28H39N2/c1-4-6-13-20-29-21-22-30(24(3)5-2)28(29)19-18-27(26-16-11-8-12-17-26)23-25-14-9-7-10-15-25/h7-12,14-17,21-22,24,27H,4-6,13,18-20,23H2,1-3H3/q+1. The molecule has 2 unspecified atom stereocenters. The summed E-state index contributed by atoms with van der Waals surface area (Å²) in [4.78, 5) is 0. The molecule has 0 N–H and O–H groups in total. The van der Waals surface area contributed by atoms with Crippen LogP contribution in [0.1, 0.15) is 81.8 Å². The average Bonchev–Trinajstić information content (AvgIpc) is 3.20. The number of aryl methyl sites for hydroxylation is 1. The minimum Gasteiger partial charge on any atom is -0.234 e. The smallest absolute Gasteiger partial charge is 0.234 e. The first-order valence-corrected chi connectivity index (χ1v) is 11.9. The van der Waals surface area contributed by atoms with E-state index in [0.29, 0.717) is 12.0 Å². The highest BCUT2D eigenvalue weighted by Crippen LogP contribution is 2.26. The number of aromatic nitrogens is 2. The first-order chi connectivity index (χ1) is 14.7. The third kappa shape index (κ3) is 6.08. The average molecular weight is 404 g/mol. The number of hydrogen-bond donors (Lipinski definition) is 0. The zero-order valence-corrected chi connectivity index (χ0v) is 19.1. The molecule has 0 bridgehead atoms. The molecular formula is C28H39N2+. The van der Waals surface area contributed by atoms with Crippen molar-refractivity contribution in [2.75, 3.05) is 0 Å². The van der Waals surface area contributed by atoms with Gasteiger partial charge in [-0.3, -0.25) is 0 Å². The molecule has 1 aromatic heterocycles. The van der Waals surface area contributed by atoms with Crippen LogP contribution in [0.25, 0.3) is 0 Å². The fourth-order valence-electron chi connectivity index (χ4n) is 4.39. The van der Waals surface area contributed by atoms with Crippen LogP contribution in [0, 0.1) is 0 Å². The first-order valence-electron chi connectivity index (χ1n) is 11.9. The Balaban J connectivity index is 1.80. The molecule has 0 spiro atoms. The fourth-order valence-corrected chi connectivity index (χ4v) is 4.39. The summed E-state index contributed by atoms with van der Waals surface area (Å²) >= 11 is 0. The molecule has 0 aliphatic carbocycles. The predicted octanol–water partition coefficient (Wildman–Crippen LogP) is 6.90. The van der Waals surface area contributed by atoms with Gasteiger partial charge in [-0.05, 0) is 56.1 Å². The molecule has 0 fully saturated rings. The summed E-state index contributed by atoms with van der Waals surface area (Å²) < 4.78 is 5.04. The largest absolute Gasteiger partial charge is 0.256 e. The summed E-state index contributed by atoms with van der Waals surface area (Å²) in [6, 6.07) is 22.6. The third-order valence-electron chi connectivity index (χ3n) is 6.42. The van der Waals surface area contributed by atoms with Gasteiger partial charge in [-0.25, -0.2) is 9.13 Å². The van der Waals surface area contributed by atoms with Crippen molar-refractivity contribution in [3.8, 4) is 0 Å². The molecule has 3 rings (SSSR count). The van der Waals surface area contributed by atoms with Crippen LogP contribution in [0.3, 0.4) is 0 Å². The van der Waals surface area contributed by atoms with Gasteiger partial charge in [0.15, 0.2) is 0 Å². The van der Waals surface area contributed by atoms with E-state index >= 15 is 0 Å². The highest BCUT2D eigenvalue weighted by Gasteiger charge is 2.22. The Kier molecular flexibility index (Phi) is 8.74. The Morgan fingerprint density at radius 3 is 2.27 bits per heavy atom. The van der Waals surface area contributed by atoms with Crippen molar-refractivity contribution in [3.63, 3.8) is 0 Å². The number of imidazole rings is 1. The van der Waals surface area contributed by atoms with Gasteiger partial charge in [-0.1, -0.05) is 80.9 Å². The third-order valence-corrected chi connectivity index (χ3v) is 6.42. The van der Waals surface area contributed by atoms with Crippen molar-refractivity contribution in [1.29, 1.82) is 0 Å². The lowest BCUT2D eigenvalue weighted by Crippen LogP contribution is -2.38. The summed E-state index contributed by atoms with van der Waals surface area (Å²) in [6.45, 7) is 8.06. The number of rotatable bonds is 12. The Labute approximate surface area is 183 Å². The van der Waals surface area contributed by atoms with E-state index in [0.717, 1.165) is 19.4 Å². The molecule has 0 radical (unpaired) electrons. The topological polar surface area (TPSA) is 8.81 Å². The van der Waals surface area contributed by atoms with Crippen LogP contribution in [0.2, 0.25) is 0 Å². The van der Waals surface area contributed by atoms with Crippen LogP contribution >= 0.6 is 0 Å². The van der Waals surface area contributed by atoms with Gasteiger partial charge in [0.25, 0.3) is 5.82 Å². The Morgan fingerprint density at radius 2 is 1.60 bits per heavy atom. The summed E-state index contributed by atoms with van der Waals surface area (Å²) in [7, 11) is 0. The maximum Gasteiger partial charge on any atom is 0.256 e. The van der Waals surface area contributed by atoms with E-state index in [1.165, 1.54) is 49.1 Å². The van der Waals surface area contributed by atoms with Crippen LogP contribution < -0.4 is 4.57 Å². The molecule has 30 heavy (non-hydrogen) atoms. The van der Waals surface area contributed by atoms with Gasteiger partial charge in [0.05, 0.1) is 12.6 Å². The van der Waals surface area contributed by atoms with Crippen LogP contribution in [-0.4, -0.2) is 4.57 Å². The molecule has 3 aromatic rings. The van der Waals surface area contributed by atoms with E-state index in [-0.39, 0.29) is 0 Å². The summed E-state index contributed by atoms with van der Waals surface area (Å²) in [6.07, 6.45) is 13.0. The Morgan fingerprint density at radius 1 is 0.900 bits per heavy atom. The molecule has 2 atom stereocenters. The van der Waals surface area contributed by atoms with Gasteiger partial charge in [0.1, 0.15) is 12.4 Å². The molecular weight excluding hydrogens is 364 g/mol. The second-order valence-electron chi connectivity index (χ2n) is 8.62. The number of nitrogens with zero attached hydrogens (tertiary/aromatic N) is 2. The first kappa shape index (κ1) is 22.3. The maximum atomic E-state index is 2.52. The number of benzene rings is 2. The van der Waals surface area contributed by atoms with E-state index in [9.17, 15) is 0 Å². The van der Waals surface area contributed by atoms with Gasteiger partial charge in [-0.15, -0.1) is 0 Å². The van der Waals surface area contributed by atoms with Crippen molar-refractivity contribution < 1.29 is 4.57 Å². The molecule has 160 valence electrons. The lowest BCUT2D eigenvalue weighted by atomic mass is 9.88. The van der Waals surface area contributed by atoms with Gasteiger partial charge >= 0.3 is 0 Å². The quantitative estimate of drug-likeness (QED) is 0.230. The van der Waals surface area contributed by atoms with Crippen LogP contribution in [0.5, 0.6) is 0 Å². The van der Waals surface area contributed by atoms with E-state index in [2.05, 4.69) is 103 Å². The zero-order valence-electron chi connectivity index (χ0n) is 19.1. The second kappa shape index (κ2) is 11.7. The Bertz CT molecular complexity index is 851. The highest BCUT2D eigenvalue weighted by atomic mass is 15.2. The molecule has 2 nitrogen and oxygen atoms in total. The highest BCUT2D eigenvalue weighted by molar-refractivity contribution is 5.24. The van der Waals surface area contributed by atoms with Crippen molar-refractivity contribution in [2.24, 2.45) is 0 Å². The Hall–Kier alpha value is -2.35. The molecule has 0 saturated heterocycles. The van der Waals surface area contributed by atoms with Crippen molar-refractivity contribution in [3.05, 3.63) is 90.0 Å². The molecule has 0 amide bonds. The van der Waals surface area contributed by atoms with E-state index in [1.807, 2.05) is 0 Å². The minimum absolute atomic E-state index is 0.540. The van der Waals surface area contributed by atoms with Crippen LogP contribution in [0.15, 0.2) is 73.1 Å². The molecule has 1 heterocycles. The van der Waals surface area contributed by atoms with Gasteiger partial charge in [-0.2, -0.15) is 0 Å².